The third-order valence-electron chi connectivity index (χ3n) is 4.57. The first-order valence-corrected chi connectivity index (χ1v) is 7.33. The van der Waals surface area contributed by atoms with E-state index in [2.05, 4.69) is 29.3 Å². The summed E-state index contributed by atoms with van der Waals surface area (Å²) in [6.45, 7) is 4.31. The summed E-state index contributed by atoms with van der Waals surface area (Å²) in [6, 6.07) is 1.48. The van der Waals surface area contributed by atoms with E-state index < -0.39 is 0 Å². The molecule has 2 aliphatic heterocycles. The highest BCUT2D eigenvalue weighted by Gasteiger charge is 2.34. The van der Waals surface area contributed by atoms with Crippen molar-refractivity contribution in [2.45, 2.75) is 70.4 Å². The van der Waals surface area contributed by atoms with Crippen molar-refractivity contribution in [1.29, 1.82) is 0 Å². The maximum atomic E-state index is 5.40. The summed E-state index contributed by atoms with van der Waals surface area (Å²) in [7, 11) is 0. The van der Waals surface area contributed by atoms with Gasteiger partial charge < -0.3 is 9.84 Å². The van der Waals surface area contributed by atoms with Crippen molar-refractivity contribution >= 4 is 0 Å². The van der Waals surface area contributed by atoms with Crippen molar-refractivity contribution in [3.05, 3.63) is 11.7 Å². The van der Waals surface area contributed by atoms with Crippen LogP contribution in [-0.4, -0.2) is 22.2 Å². The van der Waals surface area contributed by atoms with Gasteiger partial charge in [-0.25, -0.2) is 0 Å². The van der Waals surface area contributed by atoms with Crippen molar-refractivity contribution in [3.8, 4) is 0 Å². The lowest BCUT2D eigenvalue weighted by molar-refractivity contribution is 0.270. The van der Waals surface area contributed by atoms with E-state index in [0.717, 1.165) is 42.6 Å². The molecule has 0 aliphatic carbocycles. The zero-order valence-corrected chi connectivity index (χ0v) is 11.4. The predicted molar refractivity (Wildman–Crippen MR) is 69.4 cm³/mol. The number of fused-ring (bicyclic) bond motifs is 2. The number of rotatable bonds is 4. The second-order valence-electron chi connectivity index (χ2n) is 6.04. The Morgan fingerprint density at radius 1 is 1.33 bits per heavy atom. The zero-order valence-electron chi connectivity index (χ0n) is 11.4. The Balaban J connectivity index is 1.61. The summed E-state index contributed by atoms with van der Waals surface area (Å²) < 4.78 is 5.40. The van der Waals surface area contributed by atoms with Crippen molar-refractivity contribution in [2.24, 2.45) is 5.92 Å². The van der Waals surface area contributed by atoms with Gasteiger partial charge in [0.15, 0.2) is 5.82 Å². The van der Waals surface area contributed by atoms with E-state index in [1.54, 1.807) is 0 Å². The molecule has 4 heteroatoms. The van der Waals surface area contributed by atoms with Crippen molar-refractivity contribution < 1.29 is 4.52 Å². The average molecular weight is 249 g/mol. The van der Waals surface area contributed by atoms with Crippen LogP contribution in [0.25, 0.3) is 0 Å². The summed E-state index contributed by atoms with van der Waals surface area (Å²) in [6.07, 6.45) is 7.29. The number of nitrogens with one attached hydrogen (secondary N) is 1. The van der Waals surface area contributed by atoms with Crippen LogP contribution in [0.5, 0.6) is 0 Å². The van der Waals surface area contributed by atoms with Crippen LogP contribution in [0.2, 0.25) is 0 Å². The van der Waals surface area contributed by atoms with Crippen LogP contribution in [0.4, 0.5) is 0 Å². The number of hydrogen-bond acceptors (Lipinski definition) is 4. The molecule has 3 rings (SSSR count). The molecule has 0 aromatic carbocycles. The van der Waals surface area contributed by atoms with Crippen LogP contribution in [0.1, 0.15) is 63.6 Å². The molecule has 0 saturated carbocycles. The van der Waals surface area contributed by atoms with Gasteiger partial charge in [0.1, 0.15) is 0 Å². The van der Waals surface area contributed by atoms with Gasteiger partial charge in [-0.3, -0.25) is 0 Å². The van der Waals surface area contributed by atoms with Crippen molar-refractivity contribution in [3.63, 3.8) is 0 Å². The highest BCUT2D eigenvalue weighted by Crippen LogP contribution is 2.32. The van der Waals surface area contributed by atoms with Crippen LogP contribution in [0, 0.1) is 5.92 Å². The van der Waals surface area contributed by atoms with E-state index in [1.165, 1.54) is 25.7 Å². The van der Waals surface area contributed by atoms with Gasteiger partial charge in [-0.05, 0) is 38.0 Å². The molecule has 3 unspecified atom stereocenters. The summed E-state index contributed by atoms with van der Waals surface area (Å²) in [5.74, 6) is 2.86. The standard InChI is InChI=1S/C14H23N3O/c1-3-9(2)14-16-13(18-17-14)8-10-6-11-4-5-12(7-10)15-11/h9-12,15H,3-8H2,1-2H3. The molecule has 1 aromatic heterocycles. The second-order valence-corrected chi connectivity index (χ2v) is 6.04. The van der Waals surface area contributed by atoms with Crippen LogP contribution in [0.3, 0.4) is 0 Å². The zero-order chi connectivity index (χ0) is 12.5. The molecule has 2 saturated heterocycles. The second kappa shape index (κ2) is 5.00. The minimum atomic E-state index is 0.409. The molecule has 100 valence electrons. The fourth-order valence-corrected chi connectivity index (χ4v) is 3.32. The minimum absolute atomic E-state index is 0.409. The lowest BCUT2D eigenvalue weighted by Gasteiger charge is -2.28. The average Bonchev–Trinajstić information content (AvgIpc) is 2.96. The molecule has 0 radical (unpaired) electrons. The number of piperidine rings is 1. The fraction of sp³-hybridized carbons (Fsp3) is 0.857. The maximum absolute atomic E-state index is 5.40. The Bertz CT molecular complexity index is 391. The molecule has 3 atom stereocenters. The van der Waals surface area contributed by atoms with Crippen LogP contribution in [0.15, 0.2) is 4.52 Å². The van der Waals surface area contributed by atoms with Gasteiger partial charge in [0.25, 0.3) is 0 Å². The molecule has 0 amide bonds. The first-order chi connectivity index (χ1) is 8.74. The smallest absolute Gasteiger partial charge is 0.226 e. The quantitative estimate of drug-likeness (QED) is 0.891. The predicted octanol–water partition coefficient (Wildman–Crippen LogP) is 2.66. The van der Waals surface area contributed by atoms with Crippen molar-refractivity contribution in [1.82, 2.24) is 15.5 Å². The molecule has 4 nitrogen and oxygen atoms in total. The summed E-state index contributed by atoms with van der Waals surface area (Å²) in [5, 5.41) is 7.78. The number of nitrogens with zero attached hydrogens (tertiary/aromatic N) is 2. The number of hydrogen-bond donors (Lipinski definition) is 1. The molecule has 3 heterocycles. The SMILES string of the molecule is CCC(C)c1noc(CC2CC3CCC(C2)N3)n1. The van der Waals surface area contributed by atoms with Gasteiger partial charge in [0.2, 0.25) is 5.89 Å². The van der Waals surface area contributed by atoms with Crippen LogP contribution in [-0.2, 0) is 6.42 Å². The maximum Gasteiger partial charge on any atom is 0.226 e. The van der Waals surface area contributed by atoms with E-state index in [1.807, 2.05) is 0 Å². The summed E-state index contributed by atoms with van der Waals surface area (Å²) in [5.41, 5.74) is 0. The molecule has 0 spiro atoms. The van der Waals surface area contributed by atoms with Crippen LogP contribution >= 0.6 is 0 Å². The van der Waals surface area contributed by atoms with Gasteiger partial charge in [0.05, 0.1) is 0 Å². The summed E-state index contributed by atoms with van der Waals surface area (Å²) in [4.78, 5) is 4.55. The van der Waals surface area contributed by atoms with E-state index in [4.69, 9.17) is 4.52 Å². The molecule has 2 fully saturated rings. The molecule has 1 N–H and O–H groups in total. The van der Waals surface area contributed by atoms with Gasteiger partial charge in [-0.2, -0.15) is 4.98 Å². The third kappa shape index (κ3) is 2.44. The molecule has 2 aliphatic rings. The first kappa shape index (κ1) is 12.2. The van der Waals surface area contributed by atoms with Gasteiger partial charge in [-0.1, -0.05) is 19.0 Å². The van der Waals surface area contributed by atoms with Gasteiger partial charge in [0, 0.05) is 24.4 Å². The Kier molecular flexibility index (Phi) is 3.37. The largest absolute Gasteiger partial charge is 0.339 e. The normalized spacial score (nSPS) is 32.7. The summed E-state index contributed by atoms with van der Waals surface area (Å²) >= 11 is 0. The third-order valence-corrected chi connectivity index (χ3v) is 4.57. The van der Waals surface area contributed by atoms with E-state index in [0.29, 0.717) is 5.92 Å². The van der Waals surface area contributed by atoms with Gasteiger partial charge in [-0.15, -0.1) is 0 Å². The lowest BCUT2D eigenvalue weighted by Crippen LogP contribution is -2.38. The van der Waals surface area contributed by atoms with E-state index in [-0.39, 0.29) is 0 Å². The number of aromatic nitrogens is 2. The van der Waals surface area contributed by atoms with Crippen LogP contribution < -0.4 is 5.32 Å². The minimum Gasteiger partial charge on any atom is -0.339 e. The van der Waals surface area contributed by atoms with Crippen molar-refractivity contribution in [2.75, 3.05) is 0 Å². The molecular formula is C14H23N3O. The highest BCUT2D eigenvalue weighted by atomic mass is 16.5. The Morgan fingerprint density at radius 2 is 2.06 bits per heavy atom. The van der Waals surface area contributed by atoms with E-state index >= 15 is 0 Å². The monoisotopic (exact) mass is 249 g/mol. The fourth-order valence-electron chi connectivity index (χ4n) is 3.32. The lowest BCUT2D eigenvalue weighted by atomic mass is 9.90. The topological polar surface area (TPSA) is 51.0 Å². The molecule has 18 heavy (non-hydrogen) atoms. The highest BCUT2D eigenvalue weighted by molar-refractivity contribution is 4.97. The van der Waals surface area contributed by atoms with E-state index in [9.17, 15) is 0 Å². The molecule has 2 bridgehead atoms. The molecular weight excluding hydrogens is 226 g/mol. The first-order valence-electron chi connectivity index (χ1n) is 7.33. The van der Waals surface area contributed by atoms with Gasteiger partial charge >= 0.3 is 0 Å². The molecule has 1 aromatic rings. The Labute approximate surface area is 109 Å². The Hall–Kier alpha value is -0.900. The Morgan fingerprint density at radius 3 is 2.72 bits per heavy atom.